The maximum atomic E-state index is 12.6. The summed E-state index contributed by atoms with van der Waals surface area (Å²) in [7, 11) is 1.64. The van der Waals surface area contributed by atoms with Crippen molar-refractivity contribution in [1.29, 1.82) is 0 Å². The third-order valence-corrected chi connectivity index (χ3v) is 5.26. The van der Waals surface area contributed by atoms with Gasteiger partial charge in [-0.05, 0) is 49.7 Å². The van der Waals surface area contributed by atoms with Crippen molar-refractivity contribution in [3.8, 4) is 11.5 Å². The summed E-state index contributed by atoms with van der Waals surface area (Å²) < 4.78 is 13.3. The number of aryl methyl sites for hydroxylation is 2. The number of carbonyl (C=O) groups excluding carboxylic acids is 1. The lowest BCUT2D eigenvalue weighted by atomic mass is 10.1. The predicted octanol–water partition coefficient (Wildman–Crippen LogP) is 4.75. The molecule has 32 heavy (non-hydrogen) atoms. The number of imidazole rings is 1. The van der Waals surface area contributed by atoms with E-state index < -0.39 is 0 Å². The largest absolute Gasteiger partial charge is 0.497 e. The minimum absolute atomic E-state index is 0.103. The molecule has 1 amide bonds. The van der Waals surface area contributed by atoms with E-state index in [0.717, 1.165) is 46.9 Å². The van der Waals surface area contributed by atoms with Gasteiger partial charge in [-0.2, -0.15) is 0 Å². The second kappa shape index (κ2) is 10.0. The van der Waals surface area contributed by atoms with Crippen LogP contribution in [0.25, 0.3) is 11.0 Å². The maximum Gasteiger partial charge on any atom is 0.251 e. The van der Waals surface area contributed by atoms with E-state index >= 15 is 0 Å². The van der Waals surface area contributed by atoms with Crippen LogP contribution in [0.1, 0.15) is 28.2 Å². The fourth-order valence-electron chi connectivity index (χ4n) is 3.66. The van der Waals surface area contributed by atoms with Crippen LogP contribution < -0.4 is 14.8 Å². The summed E-state index contributed by atoms with van der Waals surface area (Å²) >= 11 is 0. The number of nitrogens with zero attached hydrogens (tertiary/aromatic N) is 2. The van der Waals surface area contributed by atoms with E-state index in [9.17, 15) is 4.79 Å². The van der Waals surface area contributed by atoms with Gasteiger partial charge in [-0.1, -0.05) is 35.9 Å². The number of hydrogen-bond acceptors (Lipinski definition) is 4. The van der Waals surface area contributed by atoms with Crippen molar-refractivity contribution in [1.82, 2.24) is 14.9 Å². The molecule has 1 aromatic heterocycles. The van der Waals surface area contributed by atoms with E-state index in [4.69, 9.17) is 14.5 Å². The molecule has 1 heterocycles. The van der Waals surface area contributed by atoms with E-state index in [-0.39, 0.29) is 5.91 Å². The Morgan fingerprint density at radius 1 is 1.00 bits per heavy atom. The Balaban J connectivity index is 1.42. The number of ether oxygens (including phenoxy) is 2. The highest BCUT2D eigenvalue weighted by Gasteiger charge is 2.12. The molecular formula is C26H27N3O3. The molecule has 3 aromatic carbocycles. The quantitative estimate of drug-likeness (QED) is 0.390. The molecule has 0 fully saturated rings. The van der Waals surface area contributed by atoms with Crippen LogP contribution in [0, 0.1) is 6.92 Å². The minimum atomic E-state index is -0.103. The Morgan fingerprint density at radius 3 is 2.66 bits per heavy atom. The first-order valence-electron chi connectivity index (χ1n) is 10.7. The lowest BCUT2D eigenvalue weighted by Gasteiger charge is -2.12. The van der Waals surface area contributed by atoms with Crippen LogP contribution in [0.3, 0.4) is 0 Å². The molecule has 0 bridgehead atoms. The minimum Gasteiger partial charge on any atom is -0.497 e. The third kappa shape index (κ3) is 5.09. The molecule has 1 N–H and O–H groups in total. The Labute approximate surface area is 187 Å². The van der Waals surface area contributed by atoms with Crippen molar-refractivity contribution >= 4 is 16.9 Å². The topological polar surface area (TPSA) is 65.4 Å². The van der Waals surface area contributed by atoms with E-state index in [0.29, 0.717) is 18.7 Å². The normalized spacial score (nSPS) is 10.8. The highest BCUT2D eigenvalue weighted by Crippen LogP contribution is 2.20. The number of rotatable bonds is 9. The number of aromatic nitrogens is 2. The molecule has 0 saturated carbocycles. The van der Waals surface area contributed by atoms with Crippen molar-refractivity contribution in [2.24, 2.45) is 0 Å². The molecule has 0 spiro atoms. The van der Waals surface area contributed by atoms with Crippen molar-refractivity contribution < 1.29 is 14.3 Å². The van der Waals surface area contributed by atoms with Crippen molar-refractivity contribution in [3.63, 3.8) is 0 Å². The Kier molecular flexibility index (Phi) is 6.70. The number of carbonyl (C=O) groups is 1. The number of hydrogen-bond donors (Lipinski definition) is 1. The zero-order chi connectivity index (χ0) is 22.3. The molecule has 0 aliphatic heterocycles. The molecule has 0 unspecified atom stereocenters. The summed E-state index contributed by atoms with van der Waals surface area (Å²) in [6.07, 6.45) is 0.802. The molecule has 0 aliphatic carbocycles. The van der Waals surface area contributed by atoms with Gasteiger partial charge in [0.1, 0.15) is 17.3 Å². The number of nitrogens with one attached hydrogen (secondary N) is 1. The highest BCUT2D eigenvalue weighted by molar-refractivity contribution is 5.94. The summed E-state index contributed by atoms with van der Waals surface area (Å²) in [5.74, 6) is 2.28. The van der Waals surface area contributed by atoms with Crippen molar-refractivity contribution in [3.05, 3.63) is 89.7 Å². The first-order chi connectivity index (χ1) is 15.6. The van der Waals surface area contributed by atoms with Crippen molar-refractivity contribution in [2.75, 3.05) is 13.7 Å². The van der Waals surface area contributed by atoms with Gasteiger partial charge in [0.05, 0.1) is 31.3 Å². The summed E-state index contributed by atoms with van der Waals surface area (Å²) in [4.78, 5) is 17.3. The first kappa shape index (κ1) is 21.4. The molecule has 4 rings (SSSR count). The molecule has 6 nitrogen and oxygen atoms in total. The molecule has 164 valence electrons. The average molecular weight is 430 g/mol. The number of para-hydroxylation sites is 2. The second-order valence-electron chi connectivity index (χ2n) is 7.60. The Bertz CT molecular complexity index is 1220. The SMILES string of the molecule is COc1cccc(OCCCn2c(CNC(=O)c3cccc(C)c3)nc3ccccc32)c1. The summed E-state index contributed by atoms with van der Waals surface area (Å²) in [5.41, 5.74) is 3.68. The third-order valence-electron chi connectivity index (χ3n) is 5.26. The molecule has 6 heteroatoms. The van der Waals surface area contributed by atoms with Gasteiger partial charge in [0.25, 0.3) is 5.91 Å². The van der Waals surface area contributed by atoms with Gasteiger partial charge < -0.3 is 19.4 Å². The van der Waals surface area contributed by atoms with Gasteiger partial charge >= 0.3 is 0 Å². The Morgan fingerprint density at radius 2 is 1.81 bits per heavy atom. The number of methoxy groups -OCH3 is 1. The lowest BCUT2D eigenvalue weighted by molar-refractivity contribution is 0.0949. The van der Waals surface area contributed by atoms with Crippen molar-refractivity contribution in [2.45, 2.75) is 26.4 Å². The van der Waals surface area contributed by atoms with Crippen LogP contribution in [0.4, 0.5) is 0 Å². The van der Waals surface area contributed by atoms with E-state index in [1.165, 1.54) is 0 Å². The molecule has 4 aromatic rings. The van der Waals surface area contributed by atoms with Gasteiger partial charge in [0, 0.05) is 18.2 Å². The van der Waals surface area contributed by atoms with Gasteiger partial charge in [-0.15, -0.1) is 0 Å². The maximum absolute atomic E-state index is 12.6. The van der Waals surface area contributed by atoms with Crippen LogP contribution in [-0.2, 0) is 13.1 Å². The second-order valence-corrected chi connectivity index (χ2v) is 7.60. The summed E-state index contributed by atoms with van der Waals surface area (Å²) in [5, 5.41) is 3.01. The zero-order valence-electron chi connectivity index (χ0n) is 18.4. The molecule has 0 atom stereocenters. The van der Waals surface area contributed by atoms with Crippen LogP contribution >= 0.6 is 0 Å². The zero-order valence-corrected chi connectivity index (χ0v) is 18.4. The molecule has 0 saturated heterocycles. The fourth-order valence-corrected chi connectivity index (χ4v) is 3.66. The smallest absolute Gasteiger partial charge is 0.251 e. The van der Waals surface area contributed by atoms with Gasteiger partial charge in [-0.3, -0.25) is 4.79 Å². The standard InChI is InChI=1S/C26H27N3O3/c1-19-8-5-9-20(16-19)26(30)27-18-25-28-23-12-3-4-13-24(23)29(25)14-7-15-32-22-11-6-10-21(17-22)31-2/h3-6,8-13,16-17H,7,14-15,18H2,1-2H3,(H,27,30). The van der Waals surface area contributed by atoms with Gasteiger partial charge in [0.2, 0.25) is 0 Å². The number of benzene rings is 3. The molecule has 0 aliphatic rings. The summed E-state index contributed by atoms with van der Waals surface area (Å²) in [6.45, 7) is 3.64. The highest BCUT2D eigenvalue weighted by atomic mass is 16.5. The van der Waals surface area contributed by atoms with Gasteiger partial charge in [-0.25, -0.2) is 4.98 Å². The molecule has 0 radical (unpaired) electrons. The lowest BCUT2D eigenvalue weighted by Crippen LogP contribution is -2.25. The first-order valence-corrected chi connectivity index (χ1v) is 10.7. The number of amides is 1. The van der Waals surface area contributed by atoms with E-state index in [2.05, 4.69) is 16.0 Å². The molecular weight excluding hydrogens is 402 g/mol. The monoisotopic (exact) mass is 429 g/mol. The summed E-state index contributed by atoms with van der Waals surface area (Å²) in [6, 6.07) is 23.2. The van der Waals surface area contributed by atoms with Crippen LogP contribution in [0.5, 0.6) is 11.5 Å². The Hall–Kier alpha value is -3.80. The average Bonchev–Trinajstić information content (AvgIpc) is 3.18. The predicted molar refractivity (Wildman–Crippen MR) is 125 cm³/mol. The fraction of sp³-hybridized carbons (Fsp3) is 0.231. The van der Waals surface area contributed by atoms with E-state index in [1.807, 2.05) is 73.7 Å². The van der Waals surface area contributed by atoms with Crippen LogP contribution in [0.15, 0.2) is 72.8 Å². The van der Waals surface area contributed by atoms with E-state index in [1.54, 1.807) is 7.11 Å². The van der Waals surface area contributed by atoms with Crippen LogP contribution in [-0.4, -0.2) is 29.2 Å². The van der Waals surface area contributed by atoms with Crippen LogP contribution in [0.2, 0.25) is 0 Å². The number of fused-ring (bicyclic) bond motifs is 1. The van der Waals surface area contributed by atoms with Gasteiger partial charge in [0.15, 0.2) is 0 Å².